The fraction of sp³-hybridized carbons (Fsp3) is 0.571. The molecule has 2 nitrogen and oxygen atoms in total. The van der Waals surface area contributed by atoms with Gasteiger partial charge in [-0.3, -0.25) is 0 Å². The van der Waals surface area contributed by atoms with Crippen molar-refractivity contribution < 1.29 is 10.5 Å². The van der Waals surface area contributed by atoms with Gasteiger partial charge in [-0.15, -0.1) is 0 Å². The quantitative estimate of drug-likeness (QED) is 0.810. The van der Waals surface area contributed by atoms with Crippen LogP contribution in [0.15, 0.2) is 30.3 Å². The smallest absolute Gasteiger partial charge is 0.0839 e. The molecule has 88 valence electrons. The lowest BCUT2D eigenvalue weighted by molar-refractivity contribution is -0.389. The third-order valence-electron chi connectivity index (χ3n) is 3.70. The Kier molecular flexibility index (Phi) is 3.04. The molecule has 1 atom stereocenters. The number of rotatable bonds is 2. The molecule has 1 saturated heterocycles. The van der Waals surface area contributed by atoms with Crippen LogP contribution < -0.4 is 5.73 Å². The summed E-state index contributed by atoms with van der Waals surface area (Å²) in [6.07, 6.45) is 2.15. The van der Waals surface area contributed by atoms with Crippen molar-refractivity contribution in [3.8, 4) is 0 Å². The minimum atomic E-state index is -0.0220. The van der Waals surface area contributed by atoms with Crippen molar-refractivity contribution in [2.75, 3.05) is 13.2 Å². The van der Waals surface area contributed by atoms with Crippen molar-refractivity contribution in [1.82, 2.24) is 0 Å². The van der Waals surface area contributed by atoms with Crippen molar-refractivity contribution in [2.45, 2.75) is 37.7 Å². The van der Waals surface area contributed by atoms with Crippen LogP contribution in [-0.2, 0) is 10.2 Å². The van der Waals surface area contributed by atoms with Crippen molar-refractivity contribution in [1.29, 1.82) is 0 Å². The molecule has 0 aliphatic carbocycles. The molecular weight excluding hydrogens is 198 g/mol. The van der Waals surface area contributed by atoms with Crippen LogP contribution in [0.2, 0.25) is 0 Å². The van der Waals surface area contributed by atoms with Gasteiger partial charge in [0.05, 0.1) is 12.1 Å². The molecule has 1 aromatic rings. The van der Waals surface area contributed by atoms with Gasteiger partial charge in [0, 0.05) is 12.0 Å². The molecule has 1 fully saturated rings. The van der Waals surface area contributed by atoms with Gasteiger partial charge >= 0.3 is 0 Å². The van der Waals surface area contributed by atoms with Gasteiger partial charge in [0.25, 0.3) is 0 Å². The monoisotopic (exact) mass is 220 g/mol. The van der Waals surface area contributed by atoms with Crippen LogP contribution in [0, 0.1) is 0 Å². The Bertz CT molecular complexity index is 347. The van der Waals surface area contributed by atoms with Gasteiger partial charge in [-0.1, -0.05) is 30.3 Å². The molecule has 0 unspecified atom stereocenters. The van der Waals surface area contributed by atoms with Gasteiger partial charge in [0.15, 0.2) is 0 Å². The molecule has 16 heavy (non-hydrogen) atoms. The lowest BCUT2D eigenvalue weighted by Crippen LogP contribution is -2.63. The SMILES string of the molecule is CC1(C)C[C@](C[NH3+])(c2ccccc2)CCO1. The van der Waals surface area contributed by atoms with E-state index in [9.17, 15) is 0 Å². The molecule has 1 heterocycles. The first kappa shape index (κ1) is 11.6. The highest BCUT2D eigenvalue weighted by atomic mass is 16.5. The average molecular weight is 220 g/mol. The summed E-state index contributed by atoms with van der Waals surface area (Å²) in [7, 11) is 0. The van der Waals surface area contributed by atoms with Crippen molar-refractivity contribution >= 4 is 0 Å². The number of hydrogen-bond donors (Lipinski definition) is 1. The highest BCUT2D eigenvalue weighted by Gasteiger charge is 2.42. The predicted octanol–water partition coefficient (Wildman–Crippen LogP) is 1.76. The molecule has 0 aromatic heterocycles. The predicted molar refractivity (Wildman–Crippen MR) is 65.1 cm³/mol. The summed E-state index contributed by atoms with van der Waals surface area (Å²) in [5.41, 5.74) is 5.78. The van der Waals surface area contributed by atoms with Gasteiger partial charge in [0.2, 0.25) is 0 Å². The Hall–Kier alpha value is -0.860. The van der Waals surface area contributed by atoms with Gasteiger partial charge in [-0.25, -0.2) is 0 Å². The summed E-state index contributed by atoms with van der Waals surface area (Å²) in [6.45, 7) is 6.15. The van der Waals surface area contributed by atoms with Crippen LogP contribution in [0.5, 0.6) is 0 Å². The van der Waals surface area contributed by atoms with Crippen molar-refractivity contribution in [2.24, 2.45) is 0 Å². The number of quaternary nitrogens is 1. The highest BCUT2D eigenvalue weighted by Crippen LogP contribution is 2.40. The van der Waals surface area contributed by atoms with Crippen LogP contribution in [0.4, 0.5) is 0 Å². The van der Waals surface area contributed by atoms with Crippen LogP contribution >= 0.6 is 0 Å². The molecule has 3 N–H and O–H groups in total. The van der Waals surface area contributed by atoms with E-state index >= 15 is 0 Å². The molecule has 1 aliphatic rings. The molecular formula is C14H22NO+. The van der Waals surface area contributed by atoms with Crippen molar-refractivity contribution in [3.63, 3.8) is 0 Å². The Labute approximate surface area is 97.8 Å². The lowest BCUT2D eigenvalue weighted by Gasteiger charge is -2.43. The van der Waals surface area contributed by atoms with E-state index in [1.165, 1.54) is 5.56 Å². The van der Waals surface area contributed by atoms with Crippen LogP contribution in [0.25, 0.3) is 0 Å². The maximum absolute atomic E-state index is 5.82. The maximum atomic E-state index is 5.82. The van der Waals surface area contributed by atoms with E-state index in [2.05, 4.69) is 49.9 Å². The standard InChI is InChI=1S/C14H21NO/c1-13(2)10-14(11-15,8-9-16-13)12-6-4-3-5-7-12/h3-7H,8-11,15H2,1-2H3/p+1/t14-/m1/s1. The zero-order valence-electron chi connectivity index (χ0n) is 10.3. The normalized spacial score (nSPS) is 28.9. The number of ether oxygens (including phenoxy) is 1. The fourth-order valence-electron chi connectivity index (χ4n) is 2.87. The first-order valence-corrected chi connectivity index (χ1v) is 6.07. The summed E-state index contributed by atoms with van der Waals surface area (Å²) in [4.78, 5) is 0. The Morgan fingerprint density at radius 1 is 1.25 bits per heavy atom. The van der Waals surface area contributed by atoms with Crippen LogP contribution in [0.3, 0.4) is 0 Å². The topological polar surface area (TPSA) is 36.9 Å². The fourth-order valence-corrected chi connectivity index (χ4v) is 2.87. The third-order valence-corrected chi connectivity index (χ3v) is 3.70. The first-order valence-electron chi connectivity index (χ1n) is 6.07. The lowest BCUT2D eigenvalue weighted by atomic mass is 9.69. The first-order chi connectivity index (χ1) is 7.58. The molecule has 1 aliphatic heterocycles. The largest absolute Gasteiger partial charge is 0.376 e. The second-order valence-electron chi connectivity index (χ2n) is 5.43. The minimum Gasteiger partial charge on any atom is -0.376 e. The minimum absolute atomic E-state index is 0.0220. The van der Waals surface area contributed by atoms with E-state index < -0.39 is 0 Å². The van der Waals surface area contributed by atoms with E-state index in [-0.39, 0.29) is 11.0 Å². The number of benzene rings is 1. The van der Waals surface area contributed by atoms with Gasteiger partial charge in [-0.05, 0) is 32.3 Å². The Morgan fingerprint density at radius 2 is 1.94 bits per heavy atom. The molecule has 0 radical (unpaired) electrons. The second kappa shape index (κ2) is 4.19. The molecule has 1 aromatic carbocycles. The molecule has 0 bridgehead atoms. The van der Waals surface area contributed by atoms with Gasteiger partial charge < -0.3 is 10.5 Å². The molecule has 0 saturated carbocycles. The van der Waals surface area contributed by atoms with Crippen LogP contribution in [-0.4, -0.2) is 18.8 Å². The zero-order chi connectivity index (χ0) is 11.6. The van der Waals surface area contributed by atoms with Crippen molar-refractivity contribution in [3.05, 3.63) is 35.9 Å². The average Bonchev–Trinajstić information content (AvgIpc) is 2.29. The van der Waals surface area contributed by atoms with Crippen LogP contribution in [0.1, 0.15) is 32.3 Å². The molecule has 0 spiro atoms. The maximum Gasteiger partial charge on any atom is 0.0839 e. The molecule has 0 amide bonds. The zero-order valence-corrected chi connectivity index (χ0v) is 10.3. The van der Waals surface area contributed by atoms with E-state index in [1.54, 1.807) is 0 Å². The van der Waals surface area contributed by atoms with E-state index in [0.717, 1.165) is 26.0 Å². The Balaban J connectivity index is 2.33. The Morgan fingerprint density at radius 3 is 2.50 bits per heavy atom. The summed E-state index contributed by atoms with van der Waals surface area (Å²) in [5, 5.41) is 0. The summed E-state index contributed by atoms with van der Waals surface area (Å²) in [6, 6.07) is 10.8. The van der Waals surface area contributed by atoms with E-state index in [1.807, 2.05) is 0 Å². The van der Waals surface area contributed by atoms with E-state index in [4.69, 9.17) is 4.74 Å². The summed E-state index contributed by atoms with van der Waals surface area (Å²) in [5.74, 6) is 0. The summed E-state index contributed by atoms with van der Waals surface area (Å²) >= 11 is 0. The second-order valence-corrected chi connectivity index (χ2v) is 5.43. The highest BCUT2D eigenvalue weighted by molar-refractivity contribution is 5.26. The van der Waals surface area contributed by atoms with Gasteiger partial charge in [0.1, 0.15) is 0 Å². The van der Waals surface area contributed by atoms with Gasteiger partial charge in [-0.2, -0.15) is 0 Å². The molecule has 2 rings (SSSR count). The summed E-state index contributed by atoms with van der Waals surface area (Å²) < 4.78 is 5.82. The third kappa shape index (κ3) is 2.13. The molecule has 2 heteroatoms. The number of hydrogen-bond acceptors (Lipinski definition) is 1. The van der Waals surface area contributed by atoms with E-state index in [0.29, 0.717) is 0 Å².